The van der Waals surface area contributed by atoms with E-state index >= 15 is 0 Å². The zero-order valence-corrected chi connectivity index (χ0v) is 15.5. The first-order valence-electron chi connectivity index (χ1n) is 7.40. The molecule has 8 heteroatoms. The lowest BCUT2D eigenvalue weighted by atomic mass is 9.99. The molecule has 0 saturated carbocycles. The molecule has 1 saturated heterocycles. The number of ether oxygens (including phenoxy) is 1. The summed E-state index contributed by atoms with van der Waals surface area (Å²) in [5.74, 6) is 0. The number of nitrogens with zero attached hydrogens (tertiary/aromatic N) is 1. The summed E-state index contributed by atoms with van der Waals surface area (Å²) in [5, 5.41) is 3.36. The van der Waals surface area contributed by atoms with Gasteiger partial charge in [0, 0.05) is 33.4 Å². The van der Waals surface area contributed by atoms with E-state index in [0.29, 0.717) is 13.2 Å². The van der Waals surface area contributed by atoms with Gasteiger partial charge < -0.3 is 15.0 Å². The number of hydrogen-bond acceptors (Lipinski definition) is 5. The van der Waals surface area contributed by atoms with Gasteiger partial charge in [-0.05, 0) is 37.6 Å². The molecule has 132 valence electrons. The number of anilines is 1. The molecule has 2 rings (SSSR count). The van der Waals surface area contributed by atoms with Crippen molar-refractivity contribution in [3.63, 3.8) is 0 Å². The predicted molar refractivity (Wildman–Crippen MR) is 95.0 cm³/mol. The highest BCUT2D eigenvalue weighted by molar-refractivity contribution is 7.89. The molecule has 1 atom stereocenters. The smallest absolute Gasteiger partial charge is 0.240 e. The van der Waals surface area contributed by atoms with Crippen molar-refractivity contribution >= 4 is 28.1 Å². The quantitative estimate of drug-likeness (QED) is 0.762. The summed E-state index contributed by atoms with van der Waals surface area (Å²) in [7, 11) is 1.87. The summed E-state index contributed by atoms with van der Waals surface area (Å²) in [6.07, 6.45) is 1.93. The van der Waals surface area contributed by atoms with Crippen molar-refractivity contribution in [3.8, 4) is 0 Å². The zero-order chi connectivity index (χ0) is 16.2. The molecule has 0 radical (unpaired) electrons. The summed E-state index contributed by atoms with van der Waals surface area (Å²) < 4.78 is 33.0. The minimum absolute atomic E-state index is 0. The Bertz CT molecular complexity index is 602. The summed E-state index contributed by atoms with van der Waals surface area (Å²) in [5.41, 5.74) is 0.550. The highest BCUT2D eigenvalue weighted by atomic mass is 35.5. The molecular formula is C15H26ClN3O3S. The Kier molecular flexibility index (Phi) is 7.29. The predicted octanol–water partition coefficient (Wildman–Crippen LogP) is 1.22. The summed E-state index contributed by atoms with van der Waals surface area (Å²) in [6.45, 7) is 1.71. The molecule has 1 aliphatic heterocycles. The maximum Gasteiger partial charge on any atom is 0.240 e. The highest BCUT2D eigenvalue weighted by Gasteiger charge is 2.34. The van der Waals surface area contributed by atoms with Gasteiger partial charge in [0.2, 0.25) is 10.0 Å². The maximum absolute atomic E-state index is 12.5. The monoisotopic (exact) mass is 363 g/mol. The van der Waals surface area contributed by atoms with Crippen molar-refractivity contribution in [2.75, 3.05) is 45.8 Å². The Morgan fingerprint density at radius 1 is 1.39 bits per heavy atom. The van der Waals surface area contributed by atoms with E-state index in [9.17, 15) is 8.42 Å². The molecule has 1 heterocycles. The fourth-order valence-electron chi connectivity index (χ4n) is 2.72. The van der Waals surface area contributed by atoms with Crippen LogP contribution in [0.1, 0.15) is 12.8 Å². The zero-order valence-electron chi connectivity index (χ0n) is 13.8. The first-order valence-corrected chi connectivity index (χ1v) is 8.88. The maximum atomic E-state index is 12.5. The molecule has 0 aliphatic carbocycles. The lowest BCUT2D eigenvalue weighted by Crippen LogP contribution is -2.52. The molecule has 23 heavy (non-hydrogen) atoms. The Labute approximate surface area is 145 Å². The van der Waals surface area contributed by atoms with E-state index in [-0.39, 0.29) is 22.8 Å². The molecular weight excluding hydrogens is 338 g/mol. The van der Waals surface area contributed by atoms with Gasteiger partial charge in [-0.1, -0.05) is 6.07 Å². The first kappa shape index (κ1) is 20.2. The number of benzene rings is 1. The molecule has 0 bridgehead atoms. The van der Waals surface area contributed by atoms with Crippen LogP contribution in [-0.4, -0.2) is 54.9 Å². The van der Waals surface area contributed by atoms with Crippen molar-refractivity contribution in [2.24, 2.45) is 0 Å². The lowest BCUT2D eigenvalue weighted by molar-refractivity contribution is 0.122. The minimum atomic E-state index is -3.53. The molecule has 1 aromatic carbocycles. The van der Waals surface area contributed by atoms with Crippen LogP contribution in [0.3, 0.4) is 0 Å². The second kappa shape index (κ2) is 8.30. The van der Waals surface area contributed by atoms with Gasteiger partial charge in [0.05, 0.1) is 17.0 Å². The molecule has 0 aromatic heterocycles. The second-order valence-electron chi connectivity index (χ2n) is 5.96. The largest absolute Gasteiger partial charge is 0.383 e. The van der Waals surface area contributed by atoms with Crippen LogP contribution < -0.4 is 14.9 Å². The van der Waals surface area contributed by atoms with Crippen LogP contribution >= 0.6 is 12.4 Å². The van der Waals surface area contributed by atoms with Crippen molar-refractivity contribution in [1.82, 2.24) is 10.0 Å². The van der Waals surface area contributed by atoms with E-state index in [1.165, 1.54) is 0 Å². The Morgan fingerprint density at radius 2 is 2.13 bits per heavy atom. The third-order valence-electron chi connectivity index (χ3n) is 4.00. The number of rotatable bonds is 7. The van der Waals surface area contributed by atoms with Gasteiger partial charge >= 0.3 is 0 Å². The molecule has 6 nitrogen and oxygen atoms in total. The number of sulfonamides is 1. The lowest BCUT2D eigenvalue weighted by Gasteiger charge is -2.28. The van der Waals surface area contributed by atoms with Crippen LogP contribution in [0.2, 0.25) is 0 Å². The average Bonchev–Trinajstić information content (AvgIpc) is 2.95. The van der Waals surface area contributed by atoms with E-state index in [4.69, 9.17) is 4.74 Å². The van der Waals surface area contributed by atoms with Crippen LogP contribution in [-0.2, 0) is 14.8 Å². The number of hydrogen-bond donors (Lipinski definition) is 2. The highest BCUT2D eigenvalue weighted by Crippen LogP contribution is 2.21. The number of methoxy groups -OCH3 is 1. The van der Waals surface area contributed by atoms with Gasteiger partial charge in [0.25, 0.3) is 0 Å². The van der Waals surface area contributed by atoms with Gasteiger partial charge in [-0.3, -0.25) is 0 Å². The van der Waals surface area contributed by atoms with E-state index in [0.717, 1.165) is 25.1 Å². The fourth-order valence-corrected chi connectivity index (χ4v) is 3.88. The number of nitrogens with one attached hydrogen (secondary N) is 2. The Balaban J connectivity index is 0.00000264. The molecule has 1 aliphatic rings. The standard InChI is InChI=1S/C15H25N3O3S.ClH/c1-18(2)13-6-4-7-14(10-13)22(19,20)17-11-15(12-21-3)8-5-9-16-15;/h4,6-7,10,16-17H,5,8-9,11-12H2,1-3H3;1H. The summed E-state index contributed by atoms with van der Waals surface area (Å²) in [4.78, 5) is 2.16. The van der Waals surface area contributed by atoms with Crippen molar-refractivity contribution in [3.05, 3.63) is 24.3 Å². The van der Waals surface area contributed by atoms with E-state index in [1.807, 2.05) is 25.1 Å². The van der Waals surface area contributed by atoms with Crippen molar-refractivity contribution < 1.29 is 13.2 Å². The SMILES string of the molecule is COCC1(CNS(=O)(=O)c2cccc(N(C)C)c2)CCCN1.Cl. The van der Waals surface area contributed by atoms with Gasteiger partial charge in [-0.2, -0.15) is 0 Å². The number of halogens is 1. The van der Waals surface area contributed by atoms with Gasteiger partial charge in [-0.25, -0.2) is 13.1 Å². The van der Waals surface area contributed by atoms with E-state index in [2.05, 4.69) is 10.0 Å². The van der Waals surface area contributed by atoms with Gasteiger partial charge in [0.1, 0.15) is 0 Å². The molecule has 0 amide bonds. The molecule has 1 aromatic rings. The third kappa shape index (κ3) is 5.06. The van der Waals surface area contributed by atoms with Crippen LogP contribution in [0.5, 0.6) is 0 Å². The third-order valence-corrected chi connectivity index (χ3v) is 5.40. The molecule has 2 N–H and O–H groups in total. The van der Waals surface area contributed by atoms with Gasteiger partial charge in [0.15, 0.2) is 0 Å². The second-order valence-corrected chi connectivity index (χ2v) is 7.73. The van der Waals surface area contributed by atoms with Gasteiger partial charge in [-0.15, -0.1) is 12.4 Å². The van der Waals surface area contributed by atoms with Crippen LogP contribution in [0.25, 0.3) is 0 Å². The van der Waals surface area contributed by atoms with Crippen molar-refractivity contribution in [1.29, 1.82) is 0 Å². The van der Waals surface area contributed by atoms with Crippen LogP contribution in [0.4, 0.5) is 5.69 Å². The van der Waals surface area contributed by atoms with Crippen LogP contribution in [0.15, 0.2) is 29.2 Å². The minimum Gasteiger partial charge on any atom is -0.383 e. The fraction of sp³-hybridized carbons (Fsp3) is 0.600. The average molecular weight is 364 g/mol. The topological polar surface area (TPSA) is 70.7 Å². The molecule has 1 unspecified atom stereocenters. The summed E-state index contributed by atoms with van der Waals surface area (Å²) >= 11 is 0. The molecule has 0 spiro atoms. The Morgan fingerprint density at radius 3 is 2.70 bits per heavy atom. The van der Waals surface area contributed by atoms with E-state index in [1.54, 1.807) is 25.3 Å². The first-order chi connectivity index (χ1) is 10.4. The van der Waals surface area contributed by atoms with Crippen LogP contribution in [0, 0.1) is 0 Å². The normalized spacial score (nSPS) is 21.0. The van der Waals surface area contributed by atoms with Crippen molar-refractivity contribution in [2.45, 2.75) is 23.3 Å². The summed E-state index contributed by atoms with van der Waals surface area (Å²) in [6, 6.07) is 6.92. The molecule has 1 fully saturated rings. The van der Waals surface area contributed by atoms with E-state index < -0.39 is 10.0 Å². The Hall–Kier alpha value is -0.860.